The number of aromatic amines is 1. The van der Waals surface area contributed by atoms with Gasteiger partial charge < -0.3 is 14.8 Å². The molecule has 0 amide bonds. The van der Waals surface area contributed by atoms with Gasteiger partial charge in [-0.05, 0) is 12.6 Å². The van der Waals surface area contributed by atoms with Gasteiger partial charge in [-0.2, -0.15) is 0 Å². The van der Waals surface area contributed by atoms with Crippen molar-refractivity contribution in [3.8, 4) is 0 Å². The molecule has 1 unspecified atom stereocenters. The second-order valence-corrected chi connectivity index (χ2v) is 4.89. The largest absolute Gasteiger partial charge is 0.389 e. The van der Waals surface area contributed by atoms with Crippen LogP contribution in [0.25, 0.3) is 0 Å². The summed E-state index contributed by atoms with van der Waals surface area (Å²) in [5, 5.41) is 9.93. The maximum absolute atomic E-state index is 9.93. The standard InChI is InChI=1S/C15H21N3O2/c1-18(10-15-16-7-8-17-15)9-14(19)12-20-11-13-5-3-2-4-6-13/h2-8,14,19H,9-12H2,1H3,(H,16,17). The number of imidazole rings is 1. The molecule has 1 aromatic heterocycles. The molecular weight excluding hydrogens is 254 g/mol. The molecule has 108 valence electrons. The lowest BCUT2D eigenvalue weighted by Gasteiger charge is -2.19. The van der Waals surface area contributed by atoms with E-state index < -0.39 is 6.10 Å². The Morgan fingerprint density at radius 1 is 1.35 bits per heavy atom. The first kappa shape index (κ1) is 14.7. The number of aliphatic hydroxyl groups is 1. The van der Waals surface area contributed by atoms with Crippen molar-refractivity contribution in [2.75, 3.05) is 20.2 Å². The predicted octanol–water partition coefficient (Wildman–Crippen LogP) is 1.42. The van der Waals surface area contributed by atoms with E-state index in [1.807, 2.05) is 42.3 Å². The smallest absolute Gasteiger partial charge is 0.120 e. The summed E-state index contributed by atoms with van der Waals surface area (Å²) < 4.78 is 5.52. The highest BCUT2D eigenvalue weighted by Gasteiger charge is 2.09. The minimum absolute atomic E-state index is 0.331. The van der Waals surface area contributed by atoms with E-state index in [1.54, 1.807) is 12.4 Å². The Morgan fingerprint density at radius 2 is 2.15 bits per heavy atom. The van der Waals surface area contributed by atoms with Gasteiger partial charge in [-0.3, -0.25) is 4.90 Å². The molecule has 0 aliphatic heterocycles. The van der Waals surface area contributed by atoms with Crippen LogP contribution >= 0.6 is 0 Å². The van der Waals surface area contributed by atoms with E-state index in [-0.39, 0.29) is 0 Å². The number of hydrogen-bond acceptors (Lipinski definition) is 4. The number of likely N-dealkylation sites (N-methyl/N-ethyl adjacent to an activating group) is 1. The second-order valence-electron chi connectivity index (χ2n) is 4.89. The van der Waals surface area contributed by atoms with Crippen LogP contribution in [0.3, 0.4) is 0 Å². The van der Waals surface area contributed by atoms with E-state index in [1.165, 1.54) is 0 Å². The number of rotatable bonds is 8. The van der Waals surface area contributed by atoms with Crippen LogP contribution in [0.5, 0.6) is 0 Å². The van der Waals surface area contributed by atoms with Gasteiger partial charge in [0.2, 0.25) is 0 Å². The van der Waals surface area contributed by atoms with E-state index >= 15 is 0 Å². The van der Waals surface area contributed by atoms with Gasteiger partial charge in [0, 0.05) is 18.9 Å². The molecule has 1 aromatic carbocycles. The Bertz CT molecular complexity index is 473. The molecule has 0 bridgehead atoms. The minimum Gasteiger partial charge on any atom is -0.389 e. The van der Waals surface area contributed by atoms with Gasteiger partial charge in [0.25, 0.3) is 0 Å². The number of ether oxygens (including phenoxy) is 1. The number of aromatic nitrogens is 2. The van der Waals surface area contributed by atoms with Crippen LogP contribution in [-0.2, 0) is 17.9 Å². The van der Waals surface area contributed by atoms with Gasteiger partial charge in [-0.25, -0.2) is 4.98 Å². The fourth-order valence-electron chi connectivity index (χ4n) is 2.00. The molecule has 0 saturated carbocycles. The van der Waals surface area contributed by atoms with Crippen molar-refractivity contribution in [3.05, 3.63) is 54.1 Å². The molecule has 0 aliphatic rings. The zero-order valence-corrected chi connectivity index (χ0v) is 11.7. The number of aliphatic hydroxyl groups excluding tert-OH is 1. The first-order valence-electron chi connectivity index (χ1n) is 6.70. The van der Waals surface area contributed by atoms with E-state index in [4.69, 9.17) is 4.74 Å². The average Bonchev–Trinajstić information content (AvgIpc) is 2.92. The van der Waals surface area contributed by atoms with E-state index in [0.29, 0.717) is 26.3 Å². The molecule has 5 heteroatoms. The number of nitrogens with one attached hydrogen (secondary N) is 1. The van der Waals surface area contributed by atoms with Gasteiger partial charge in [0.15, 0.2) is 0 Å². The summed E-state index contributed by atoms with van der Waals surface area (Å²) in [6.07, 6.45) is 3.02. The van der Waals surface area contributed by atoms with E-state index in [0.717, 1.165) is 11.4 Å². The third-order valence-electron chi connectivity index (χ3n) is 2.92. The first-order chi connectivity index (χ1) is 9.74. The normalized spacial score (nSPS) is 12.8. The lowest BCUT2D eigenvalue weighted by molar-refractivity contribution is 0.0124. The molecular formula is C15H21N3O2. The van der Waals surface area contributed by atoms with Crippen molar-refractivity contribution in [1.82, 2.24) is 14.9 Å². The molecule has 20 heavy (non-hydrogen) atoms. The number of H-pyrrole nitrogens is 1. The lowest BCUT2D eigenvalue weighted by Crippen LogP contribution is -2.32. The molecule has 2 aromatic rings. The Balaban J connectivity index is 1.63. The fraction of sp³-hybridized carbons (Fsp3) is 0.400. The Labute approximate surface area is 119 Å². The first-order valence-corrected chi connectivity index (χ1v) is 6.70. The minimum atomic E-state index is -0.501. The van der Waals surface area contributed by atoms with Gasteiger partial charge in [-0.15, -0.1) is 0 Å². The Morgan fingerprint density at radius 3 is 2.85 bits per heavy atom. The molecule has 0 radical (unpaired) electrons. The molecule has 1 atom stereocenters. The third kappa shape index (κ3) is 5.13. The molecule has 0 aliphatic carbocycles. The van der Waals surface area contributed by atoms with Crippen molar-refractivity contribution in [3.63, 3.8) is 0 Å². The Kier molecular flexibility index (Phi) is 5.73. The maximum Gasteiger partial charge on any atom is 0.120 e. The van der Waals surface area contributed by atoms with Crippen molar-refractivity contribution in [1.29, 1.82) is 0 Å². The molecule has 2 N–H and O–H groups in total. The number of benzene rings is 1. The van der Waals surface area contributed by atoms with Gasteiger partial charge in [-0.1, -0.05) is 30.3 Å². The summed E-state index contributed by atoms with van der Waals surface area (Å²) >= 11 is 0. The molecule has 5 nitrogen and oxygen atoms in total. The quantitative estimate of drug-likeness (QED) is 0.765. The number of hydrogen-bond donors (Lipinski definition) is 2. The monoisotopic (exact) mass is 275 g/mol. The highest BCUT2D eigenvalue weighted by molar-refractivity contribution is 5.13. The van der Waals surface area contributed by atoms with Crippen molar-refractivity contribution >= 4 is 0 Å². The molecule has 2 rings (SSSR count). The summed E-state index contributed by atoms with van der Waals surface area (Å²) in [4.78, 5) is 9.20. The topological polar surface area (TPSA) is 61.4 Å². The van der Waals surface area contributed by atoms with Crippen molar-refractivity contribution < 1.29 is 9.84 Å². The summed E-state index contributed by atoms with van der Waals surface area (Å²) in [6, 6.07) is 9.95. The molecule has 0 spiro atoms. The lowest BCUT2D eigenvalue weighted by atomic mass is 10.2. The third-order valence-corrected chi connectivity index (χ3v) is 2.92. The number of nitrogens with zero attached hydrogens (tertiary/aromatic N) is 2. The summed E-state index contributed by atoms with van der Waals surface area (Å²) in [5.41, 5.74) is 1.11. The van der Waals surface area contributed by atoms with Gasteiger partial charge in [0.1, 0.15) is 5.82 Å². The summed E-state index contributed by atoms with van der Waals surface area (Å²) in [5.74, 6) is 0.893. The van der Waals surface area contributed by atoms with E-state index in [9.17, 15) is 5.11 Å². The zero-order valence-electron chi connectivity index (χ0n) is 11.7. The summed E-state index contributed by atoms with van der Waals surface area (Å²) in [7, 11) is 1.95. The zero-order chi connectivity index (χ0) is 14.2. The van der Waals surface area contributed by atoms with Gasteiger partial charge in [0.05, 0.1) is 25.9 Å². The van der Waals surface area contributed by atoms with Crippen LogP contribution in [0.2, 0.25) is 0 Å². The van der Waals surface area contributed by atoms with E-state index in [2.05, 4.69) is 9.97 Å². The van der Waals surface area contributed by atoms with Crippen molar-refractivity contribution in [2.24, 2.45) is 0 Å². The van der Waals surface area contributed by atoms with Crippen LogP contribution in [0.4, 0.5) is 0 Å². The van der Waals surface area contributed by atoms with Crippen LogP contribution in [0, 0.1) is 0 Å². The molecule has 0 fully saturated rings. The van der Waals surface area contributed by atoms with Crippen LogP contribution in [0.1, 0.15) is 11.4 Å². The Hall–Kier alpha value is -1.69. The maximum atomic E-state index is 9.93. The van der Waals surface area contributed by atoms with Crippen LogP contribution in [-0.4, -0.2) is 46.3 Å². The van der Waals surface area contributed by atoms with Crippen LogP contribution < -0.4 is 0 Å². The predicted molar refractivity (Wildman–Crippen MR) is 77.0 cm³/mol. The fourth-order valence-corrected chi connectivity index (χ4v) is 2.00. The van der Waals surface area contributed by atoms with Crippen LogP contribution in [0.15, 0.2) is 42.7 Å². The van der Waals surface area contributed by atoms with Crippen molar-refractivity contribution in [2.45, 2.75) is 19.3 Å². The molecule has 1 heterocycles. The highest BCUT2D eigenvalue weighted by Crippen LogP contribution is 2.02. The second kappa shape index (κ2) is 7.79. The summed E-state index contributed by atoms with van der Waals surface area (Å²) in [6.45, 7) is 2.09. The highest BCUT2D eigenvalue weighted by atomic mass is 16.5. The van der Waals surface area contributed by atoms with Gasteiger partial charge >= 0.3 is 0 Å². The SMILES string of the molecule is CN(Cc1ncc[nH]1)CC(O)COCc1ccccc1. The molecule has 0 saturated heterocycles. The average molecular weight is 275 g/mol.